The van der Waals surface area contributed by atoms with Crippen molar-refractivity contribution in [3.8, 4) is 0 Å². The number of aliphatic hydroxyl groups excluding tert-OH is 2. The third-order valence-corrected chi connectivity index (χ3v) is 4.99. The maximum atomic E-state index is 12.6. The number of aromatic amines is 1. The van der Waals surface area contributed by atoms with Gasteiger partial charge in [0, 0.05) is 25.2 Å². The monoisotopic (exact) mass is 321 g/mol. The highest BCUT2D eigenvalue weighted by Gasteiger charge is 2.42. The number of carbonyl (C=O) groups excluding carboxylic acids is 1. The van der Waals surface area contributed by atoms with Crippen molar-refractivity contribution in [1.29, 1.82) is 0 Å². The molecule has 7 heteroatoms. The highest BCUT2D eigenvalue weighted by atomic mass is 16.3. The molecule has 0 spiro atoms. The molecule has 1 saturated heterocycles. The molecule has 2 fully saturated rings. The molecule has 7 nitrogen and oxygen atoms in total. The molecule has 1 aliphatic heterocycles. The zero-order valence-corrected chi connectivity index (χ0v) is 13.4. The van der Waals surface area contributed by atoms with E-state index in [4.69, 9.17) is 0 Å². The molecule has 4 atom stereocenters. The van der Waals surface area contributed by atoms with E-state index in [-0.39, 0.29) is 29.2 Å². The predicted molar refractivity (Wildman–Crippen MR) is 83.1 cm³/mol. The Morgan fingerprint density at radius 3 is 2.30 bits per heavy atom. The second-order valence-electron chi connectivity index (χ2n) is 7.00. The van der Waals surface area contributed by atoms with Gasteiger partial charge in [0.05, 0.1) is 12.2 Å². The van der Waals surface area contributed by atoms with E-state index in [0.29, 0.717) is 31.8 Å². The van der Waals surface area contributed by atoms with Crippen LogP contribution in [0.15, 0.2) is 11.0 Å². The smallest absolute Gasteiger partial charge is 0.263 e. The lowest BCUT2D eigenvalue weighted by Crippen LogP contribution is -2.38. The molecule has 0 aromatic carbocycles. The molecule has 126 valence electrons. The Kier molecular flexibility index (Phi) is 4.25. The maximum Gasteiger partial charge on any atom is 0.263 e. The third kappa shape index (κ3) is 3.03. The second kappa shape index (κ2) is 6.05. The molecule has 3 rings (SSSR count). The highest BCUT2D eigenvalue weighted by molar-refractivity contribution is 5.93. The minimum Gasteiger partial charge on any atom is -0.390 e. The van der Waals surface area contributed by atoms with E-state index in [1.54, 1.807) is 4.90 Å². The van der Waals surface area contributed by atoms with Crippen molar-refractivity contribution in [1.82, 2.24) is 14.9 Å². The zero-order chi connectivity index (χ0) is 16.7. The molecule has 1 aromatic heterocycles. The Morgan fingerprint density at radius 2 is 1.83 bits per heavy atom. The molecule has 0 bridgehead atoms. The van der Waals surface area contributed by atoms with E-state index >= 15 is 0 Å². The summed E-state index contributed by atoms with van der Waals surface area (Å²) in [7, 11) is 0. The fourth-order valence-electron chi connectivity index (χ4n) is 3.60. The van der Waals surface area contributed by atoms with Gasteiger partial charge in [-0.25, -0.2) is 4.98 Å². The van der Waals surface area contributed by atoms with Crippen LogP contribution >= 0.6 is 0 Å². The summed E-state index contributed by atoms with van der Waals surface area (Å²) < 4.78 is 0. The first kappa shape index (κ1) is 16.1. The number of aliphatic hydroxyl groups is 2. The summed E-state index contributed by atoms with van der Waals surface area (Å²) in [6.45, 7) is 4.86. The Labute approximate surface area is 134 Å². The third-order valence-electron chi connectivity index (χ3n) is 4.99. The average molecular weight is 321 g/mol. The van der Waals surface area contributed by atoms with Gasteiger partial charge >= 0.3 is 0 Å². The summed E-state index contributed by atoms with van der Waals surface area (Å²) >= 11 is 0. The first-order valence-corrected chi connectivity index (χ1v) is 8.11. The van der Waals surface area contributed by atoms with Crippen molar-refractivity contribution >= 4 is 5.91 Å². The minimum atomic E-state index is -0.721. The van der Waals surface area contributed by atoms with E-state index < -0.39 is 17.8 Å². The van der Waals surface area contributed by atoms with E-state index in [2.05, 4.69) is 9.97 Å². The average Bonchev–Trinajstić information content (AvgIpc) is 2.89. The van der Waals surface area contributed by atoms with Crippen LogP contribution in [0.2, 0.25) is 0 Å². The van der Waals surface area contributed by atoms with Crippen molar-refractivity contribution in [2.24, 2.45) is 11.8 Å². The number of H-pyrrole nitrogens is 1. The Morgan fingerprint density at radius 1 is 1.26 bits per heavy atom. The van der Waals surface area contributed by atoms with E-state index in [0.717, 1.165) is 0 Å². The number of fused-ring (bicyclic) bond motifs is 1. The number of nitrogens with one attached hydrogen (secondary N) is 1. The van der Waals surface area contributed by atoms with Gasteiger partial charge < -0.3 is 20.1 Å². The van der Waals surface area contributed by atoms with Gasteiger partial charge in [0.1, 0.15) is 11.4 Å². The first-order chi connectivity index (χ1) is 10.9. The van der Waals surface area contributed by atoms with Crippen LogP contribution in [0.1, 0.15) is 48.8 Å². The molecular formula is C16H23N3O4. The molecule has 2 aliphatic rings. The summed E-state index contributed by atoms with van der Waals surface area (Å²) in [6.07, 6.45) is 0.901. The van der Waals surface area contributed by atoms with Crippen LogP contribution in [0.4, 0.5) is 0 Å². The van der Waals surface area contributed by atoms with E-state index in [1.807, 2.05) is 13.8 Å². The zero-order valence-electron chi connectivity index (χ0n) is 13.4. The molecule has 0 radical (unpaired) electrons. The van der Waals surface area contributed by atoms with Crippen LogP contribution in [0.3, 0.4) is 0 Å². The van der Waals surface area contributed by atoms with Crippen molar-refractivity contribution in [2.75, 3.05) is 13.1 Å². The number of hydrogen-bond donors (Lipinski definition) is 3. The van der Waals surface area contributed by atoms with Gasteiger partial charge in [-0.05, 0) is 24.7 Å². The van der Waals surface area contributed by atoms with Crippen LogP contribution in [0.25, 0.3) is 0 Å². The lowest BCUT2D eigenvalue weighted by molar-refractivity contribution is -0.0372. The fourth-order valence-corrected chi connectivity index (χ4v) is 3.60. The van der Waals surface area contributed by atoms with Gasteiger partial charge in [-0.15, -0.1) is 0 Å². The van der Waals surface area contributed by atoms with Crippen LogP contribution in [-0.2, 0) is 0 Å². The fraction of sp³-hybridized carbons (Fsp3) is 0.688. The van der Waals surface area contributed by atoms with Crippen molar-refractivity contribution in [3.05, 3.63) is 27.9 Å². The van der Waals surface area contributed by atoms with Crippen LogP contribution in [0.5, 0.6) is 0 Å². The molecule has 0 unspecified atom stereocenters. The van der Waals surface area contributed by atoms with Crippen LogP contribution in [0, 0.1) is 11.8 Å². The molecular weight excluding hydrogens is 298 g/mol. The lowest BCUT2D eigenvalue weighted by atomic mass is 9.79. The first-order valence-electron chi connectivity index (χ1n) is 8.11. The highest BCUT2D eigenvalue weighted by Crippen LogP contribution is 2.36. The molecule has 1 aromatic rings. The van der Waals surface area contributed by atoms with Gasteiger partial charge in [-0.3, -0.25) is 9.59 Å². The SMILES string of the molecule is CC(C)c1ncc(C(=O)N2C[C@H]3C[C@H](O)[C@H](O)C[C@H]3C2)c(=O)[nH]1. The quantitative estimate of drug-likeness (QED) is 0.716. The molecule has 3 N–H and O–H groups in total. The minimum absolute atomic E-state index is 0.0501. The molecule has 23 heavy (non-hydrogen) atoms. The van der Waals surface area contributed by atoms with Gasteiger partial charge in [0.2, 0.25) is 0 Å². The van der Waals surface area contributed by atoms with Crippen LogP contribution in [-0.4, -0.2) is 56.3 Å². The number of likely N-dealkylation sites (tertiary alicyclic amines) is 1. The Bertz CT molecular complexity index is 639. The largest absolute Gasteiger partial charge is 0.390 e. The number of rotatable bonds is 2. The summed E-state index contributed by atoms with van der Waals surface area (Å²) in [5, 5.41) is 19.5. The topological polar surface area (TPSA) is 107 Å². The Balaban J connectivity index is 1.76. The molecule has 1 aliphatic carbocycles. The van der Waals surface area contributed by atoms with Crippen molar-refractivity contribution < 1.29 is 15.0 Å². The second-order valence-corrected chi connectivity index (χ2v) is 7.00. The predicted octanol–water partition coefficient (Wildman–Crippen LogP) is 0.0971. The number of carbonyl (C=O) groups is 1. The molecule has 1 saturated carbocycles. The van der Waals surface area contributed by atoms with E-state index in [1.165, 1.54) is 6.20 Å². The molecule has 1 amide bonds. The van der Waals surface area contributed by atoms with Crippen molar-refractivity contribution in [3.63, 3.8) is 0 Å². The van der Waals surface area contributed by atoms with Gasteiger partial charge in [0.15, 0.2) is 0 Å². The summed E-state index contributed by atoms with van der Waals surface area (Å²) in [6, 6.07) is 0. The normalized spacial score (nSPS) is 30.6. The van der Waals surface area contributed by atoms with E-state index in [9.17, 15) is 19.8 Å². The van der Waals surface area contributed by atoms with Gasteiger partial charge in [-0.1, -0.05) is 13.8 Å². The van der Waals surface area contributed by atoms with Crippen LogP contribution < -0.4 is 5.56 Å². The molecule has 2 heterocycles. The summed E-state index contributed by atoms with van der Waals surface area (Å²) in [5.74, 6) is 0.684. The van der Waals surface area contributed by atoms with Gasteiger partial charge in [-0.2, -0.15) is 0 Å². The van der Waals surface area contributed by atoms with Crippen molar-refractivity contribution in [2.45, 2.75) is 44.8 Å². The number of hydrogen-bond acceptors (Lipinski definition) is 5. The van der Waals surface area contributed by atoms with Gasteiger partial charge in [0.25, 0.3) is 11.5 Å². The number of nitrogens with zero attached hydrogens (tertiary/aromatic N) is 2. The maximum absolute atomic E-state index is 12.6. The number of aromatic nitrogens is 2. The number of amides is 1. The Hall–Kier alpha value is -1.73. The summed E-state index contributed by atoms with van der Waals surface area (Å²) in [5.41, 5.74) is -0.363. The standard InChI is InChI=1S/C16H23N3O4/c1-8(2)14-17-5-11(15(22)18-14)16(23)19-6-9-3-12(20)13(21)4-10(9)7-19/h5,8-10,12-13,20-21H,3-4,6-7H2,1-2H3,(H,17,18,22)/t9-,10+,12+,13-. The summed E-state index contributed by atoms with van der Waals surface area (Å²) in [4.78, 5) is 33.2. The lowest BCUT2D eigenvalue weighted by Gasteiger charge is -2.31.